The molecule has 0 bridgehead atoms. The van der Waals surface area contributed by atoms with Crippen LogP contribution in [0.3, 0.4) is 0 Å². The van der Waals surface area contributed by atoms with Gasteiger partial charge in [0.15, 0.2) is 0 Å². The van der Waals surface area contributed by atoms with Crippen molar-refractivity contribution in [3.8, 4) is 5.75 Å². The molecule has 2 aromatic carbocycles. The Morgan fingerprint density at radius 3 is 2.85 bits per heavy atom. The van der Waals surface area contributed by atoms with Gasteiger partial charge in [0.25, 0.3) is 0 Å². The van der Waals surface area contributed by atoms with Crippen molar-refractivity contribution in [1.82, 2.24) is 4.98 Å². The Bertz CT molecular complexity index is 1010. The second-order valence-electron chi connectivity index (χ2n) is 6.20. The Labute approximate surface area is 157 Å². The summed E-state index contributed by atoms with van der Waals surface area (Å²) in [6.07, 6.45) is 3.64. The maximum absolute atomic E-state index is 11.7. The van der Waals surface area contributed by atoms with Crippen molar-refractivity contribution in [1.29, 1.82) is 0 Å². The van der Waals surface area contributed by atoms with E-state index >= 15 is 0 Å². The van der Waals surface area contributed by atoms with Crippen molar-refractivity contribution in [3.05, 3.63) is 89.2 Å². The number of carbonyl (C=O) groups excluding carboxylic acids is 1. The molecule has 5 nitrogen and oxygen atoms in total. The SMILES string of the molecule is COC(=O)Cc1ccc2c(c1)C(=Nc1cccnc1)c1ccccc1CO2. The van der Waals surface area contributed by atoms with Gasteiger partial charge in [-0.25, -0.2) is 4.99 Å². The van der Waals surface area contributed by atoms with Gasteiger partial charge in [-0.2, -0.15) is 0 Å². The fourth-order valence-electron chi connectivity index (χ4n) is 3.08. The number of hydrogen-bond donors (Lipinski definition) is 0. The first kappa shape index (κ1) is 17.0. The van der Waals surface area contributed by atoms with E-state index in [1.165, 1.54) is 7.11 Å². The van der Waals surface area contributed by atoms with Gasteiger partial charge in [0.1, 0.15) is 12.4 Å². The van der Waals surface area contributed by atoms with Gasteiger partial charge >= 0.3 is 5.97 Å². The van der Waals surface area contributed by atoms with E-state index in [2.05, 4.69) is 4.98 Å². The molecule has 0 aliphatic carbocycles. The Balaban J connectivity index is 1.89. The van der Waals surface area contributed by atoms with Crippen molar-refractivity contribution >= 4 is 17.4 Å². The molecule has 2 heterocycles. The van der Waals surface area contributed by atoms with Gasteiger partial charge in [-0.3, -0.25) is 9.78 Å². The van der Waals surface area contributed by atoms with Crippen molar-refractivity contribution in [3.63, 3.8) is 0 Å². The summed E-state index contributed by atoms with van der Waals surface area (Å²) in [5.74, 6) is 0.457. The lowest BCUT2D eigenvalue weighted by Gasteiger charge is -2.11. The van der Waals surface area contributed by atoms with Crippen LogP contribution >= 0.6 is 0 Å². The zero-order valence-electron chi connectivity index (χ0n) is 14.9. The van der Waals surface area contributed by atoms with Crippen LogP contribution in [0.15, 0.2) is 72.0 Å². The molecular weight excluding hydrogens is 340 g/mol. The van der Waals surface area contributed by atoms with Crippen molar-refractivity contribution < 1.29 is 14.3 Å². The fraction of sp³-hybridized carbons (Fsp3) is 0.136. The summed E-state index contributed by atoms with van der Waals surface area (Å²) >= 11 is 0. The monoisotopic (exact) mass is 358 g/mol. The second kappa shape index (κ2) is 7.41. The standard InChI is InChI=1S/C22H18N2O3/c1-26-21(25)12-15-8-9-20-19(11-15)22(24-17-6-4-10-23-13-17)18-7-3-2-5-16(18)14-27-20/h2-11,13H,12,14H2,1H3. The summed E-state index contributed by atoms with van der Waals surface area (Å²) in [6, 6.07) is 17.5. The number of pyridine rings is 1. The highest BCUT2D eigenvalue weighted by atomic mass is 16.5. The van der Waals surface area contributed by atoms with Crippen molar-refractivity contribution in [2.24, 2.45) is 4.99 Å². The number of carbonyl (C=O) groups is 1. The molecule has 0 radical (unpaired) electrons. The molecule has 134 valence electrons. The molecule has 4 rings (SSSR count). The highest BCUT2D eigenvalue weighted by Crippen LogP contribution is 2.31. The van der Waals surface area contributed by atoms with Crippen LogP contribution in [-0.4, -0.2) is 23.8 Å². The number of hydrogen-bond acceptors (Lipinski definition) is 5. The number of esters is 1. The number of benzene rings is 2. The maximum Gasteiger partial charge on any atom is 0.309 e. The Morgan fingerprint density at radius 1 is 1.15 bits per heavy atom. The number of fused-ring (bicyclic) bond motifs is 2. The van der Waals surface area contributed by atoms with Gasteiger partial charge in [0, 0.05) is 17.3 Å². The van der Waals surface area contributed by atoms with E-state index in [0.717, 1.165) is 39.4 Å². The molecule has 0 atom stereocenters. The zero-order chi connectivity index (χ0) is 18.6. The molecule has 27 heavy (non-hydrogen) atoms. The van der Waals surface area contributed by atoms with Gasteiger partial charge in [0.05, 0.1) is 31.1 Å². The molecule has 0 unspecified atom stereocenters. The van der Waals surface area contributed by atoms with Crippen molar-refractivity contribution in [2.75, 3.05) is 7.11 Å². The summed E-state index contributed by atoms with van der Waals surface area (Å²) in [6.45, 7) is 0.464. The Morgan fingerprint density at radius 2 is 2.04 bits per heavy atom. The van der Waals surface area contributed by atoms with Crippen LogP contribution in [0.2, 0.25) is 0 Å². The molecule has 0 amide bonds. The number of methoxy groups -OCH3 is 1. The zero-order valence-corrected chi connectivity index (χ0v) is 14.9. The predicted molar refractivity (Wildman–Crippen MR) is 102 cm³/mol. The first-order chi connectivity index (χ1) is 13.2. The van der Waals surface area contributed by atoms with E-state index in [1.807, 2.05) is 54.6 Å². The van der Waals surface area contributed by atoms with Crippen LogP contribution < -0.4 is 4.74 Å². The molecule has 0 saturated carbocycles. The number of nitrogens with zero attached hydrogens (tertiary/aromatic N) is 2. The lowest BCUT2D eigenvalue weighted by atomic mass is 9.96. The minimum atomic E-state index is -0.282. The van der Waals surface area contributed by atoms with Crippen LogP contribution in [0, 0.1) is 0 Å². The van der Waals surface area contributed by atoms with Crippen LogP contribution in [-0.2, 0) is 22.6 Å². The van der Waals surface area contributed by atoms with E-state index in [9.17, 15) is 4.79 Å². The van der Waals surface area contributed by atoms with Gasteiger partial charge in [-0.15, -0.1) is 0 Å². The first-order valence-corrected chi connectivity index (χ1v) is 8.64. The maximum atomic E-state index is 11.7. The molecule has 1 aliphatic heterocycles. The largest absolute Gasteiger partial charge is 0.488 e. The third kappa shape index (κ3) is 3.58. The molecule has 1 aliphatic rings. The molecule has 0 N–H and O–H groups in total. The number of aromatic nitrogens is 1. The smallest absolute Gasteiger partial charge is 0.309 e. The normalized spacial score (nSPS) is 13.9. The first-order valence-electron chi connectivity index (χ1n) is 8.64. The van der Waals surface area contributed by atoms with E-state index in [1.54, 1.807) is 12.4 Å². The lowest BCUT2D eigenvalue weighted by molar-refractivity contribution is -0.139. The number of rotatable bonds is 3. The topological polar surface area (TPSA) is 60.8 Å². The quantitative estimate of drug-likeness (QED) is 0.667. The minimum Gasteiger partial charge on any atom is -0.488 e. The highest BCUT2D eigenvalue weighted by molar-refractivity contribution is 6.16. The third-order valence-electron chi connectivity index (χ3n) is 4.42. The summed E-state index contributed by atoms with van der Waals surface area (Å²) < 4.78 is 10.8. The molecular formula is C22H18N2O3. The van der Waals surface area contributed by atoms with E-state index < -0.39 is 0 Å². The molecule has 5 heteroatoms. The number of ether oxygens (including phenoxy) is 2. The predicted octanol–water partition coefficient (Wildman–Crippen LogP) is 3.86. The Hall–Kier alpha value is -3.47. The van der Waals surface area contributed by atoms with Crippen LogP contribution in [0.4, 0.5) is 5.69 Å². The van der Waals surface area contributed by atoms with Gasteiger partial charge in [0.2, 0.25) is 0 Å². The summed E-state index contributed by atoms with van der Waals surface area (Å²) in [5.41, 5.74) is 5.33. The van der Waals surface area contributed by atoms with E-state index in [-0.39, 0.29) is 12.4 Å². The third-order valence-corrected chi connectivity index (χ3v) is 4.42. The number of aliphatic imine (C=N–C) groups is 1. The average Bonchev–Trinajstić information content (AvgIpc) is 2.86. The summed E-state index contributed by atoms with van der Waals surface area (Å²) in [4.78, 5) is 20.7. The molecule has 0 spiro atoms. The van der Waals surface area contributed by atoms with Crippen LogP contribution in [0.5, 0.6) is 5.75 Å². The Kier molecular flexibility index (Phi) is 4.66. The summed E-state index contributed by atoms with van der Waals surface area (Å²) in [7, 11) is 1.39. The van der Waals surface area contributed by atoms with Crippen LogP contribution in [0.25, 0.3) is 0 Å². The summed E-state index contributed by atoms with van der Waals surface area (Å²) in [5, 5.41) is 0. The van der Waals surface area contributed by atoms with E-state index in [0.29, 0.717) is 6.61 Å². The van der Waals surface area contributed by atoms with Crippen LogP contribution in [0.1, 0.15) is 22.3 Å². The van der Waals surface area contributed by atoms with Gasteiger partial charge in [-0.1, -0.05) is 30.3 Å². The average molecular weight is 358 g/mol. The van der Waals surface area contributed by atoms with Gasteiger partial charge < -0.3 is 9.47 Å². The van der Waals surface area contributed by atoms with Crippen molar-refractivity contribution in [2.45, 2.75) is 13.0 Å². The van der Waals surface area contributed by atoms with Gasteiger partial charge in [-0.05, 0) is 35.4 Å². The molecule has 0 fully saturated rings. The van der Waals surface area contributed by atoms with E-state index in [4.69, 9.17) is 14.5 Å². The second-order valence-corrected chi connectivity index (χ2v) is 6.20. The minimum absolute atomic E-state index is 0.200. The molecule has 1 aromatic heterocycles. The fourth-order valence-corrected chi connectivity index (χ4v) is 3.08. The molecule has 0 saturated heterocycles. The molecule has 3 aromatic rings. The lowest BCUT2D eigenvalue weighted by Crippen LogP contribution is -2.08. The highest BCUT2D eigenvalue weighted by Gasteiger charge is 2.21.